The van der Waals surface area contributed by atoms with Crippen LogP contribution in [0.15, 0.2) is 6.07 Å². The molecule has 0 spiro atoms. The SMILES string of the molecule is C[C@H]1CCCCN1C1CN(C(=O)c2cc(C(F)F)[nH]n2)C1. The van der Waals surface area contributed by atoms with Crippen LogP contribution in [0.3, 0.4) is 0 Å². The first-order chi connectivity index (χ1) is 10.1. The molecule has 1 N–H and O–H groups in total. The highest BCUT2D eigenvalue weighted by molar-refractivity contribution is 5.93. The molecule has 0 saturated carbocycles. The lowest BCUT2D eigenvalue weighted by atomic mass is 9.97. The van der Waals surface area contributed by atoms with E-state index in [0.29, 0.717) is 25.2 Å². The smallest absolute Gasteiger partial charge is 0.279 e. The van der Waals surface area contributed by atoms with Crippen LogP contribution in [0.5, 0.6) is 0 Å². The van der Waals surface area contributed by atoms with Gasteiger partial charge in [0.25, 0.3) is 12.3 Å². The second kappa shape index (κ2) is 5.71. The van der Waals surface area contributed by atoms with Crippen LogP contribution in [0.2, 0.25) is 0 Å². The summed E-state index contributed by atoms with van der Waals surface area (Å²) in [5, 5.41) is 5.90. The first-order valence-corrected chi connectivity index (χ1v) is 7.44. The van der Waals surface area contributed by atoms with E-state index in [9.17, 15) is 13.6 Å². The van der Waals surface area contributed by atoms with Crippen LogP contribution in [0.25, 0.3) is 0 Å². The molecule has 0 aromatic carbocycles. The normalized spacial score (nSPS) is 24.4. The van der Waals surface area contributed by atoms with Crippen molar-refractivity contribution in [3.8, 4) is 0 Å². The summed E-state index contributed by atoms with van der Waals surface area (Å²) in [7, 11) is 0. The standard InChI is InChI=1S/C14H20F2N4O/c1-9-4-2-3-5-20(9)10-7-19(8-10)14(21)12-6-11(13(15)16)17-18-12/h6,9-10,13H,2-5,7-8H2,1H3,(H,17,18)/t9-/m0/s1. The number of carbonyl (C=O) groups excluding carboxylic acids is 1. The Morgan fingerprint density at radius 1 is 1.43 bits per heavy atom. The van der Waals surface area contributed by atoms with E-state index in [4.69, 9.17) is 0 Å². The fourth-order valence-electron chi connectivity index (χ4n) is 3.21. The maximum absolute atomic E-state index is 12.5. The van der Waals surface area contributed by atoms with E-state index in [1.54, 1.807) is 4.90 Å². The highest BCUT2D eigenvalue weighted by Crippen LogP contribution is 2.25. The number of hydrogen-bond acceptors (Lipinski definition) is 3. The number of piperidine rings is 1. The summed E-state index contributed by atoms with van der Waals surface area (Å²) in [5.41, 5.74) is -0.226. The van der Waals surface area contributed by atoms with Crippen molar-refractivity contribution in [3.05, 3.63) is 17.5 Å². The van der Waals surface area contributed by atoms with Crippen LogP contribution in [0, 0.1) is 0 Å². The Balaban J connectivity index is 1.56. The van der Waals surface area contributed by atoms with Crippen molar-refractivity contribution in [2.45, 2.75) is 44.7 Å². The molecule has 2 aliphatic rings. The van der Waals surface area contributed by atoms with Gasteiger partial charge in [-0.3, -0.25) is 14.8 Å². The van der Waals surface area contributed by atoms with Gasteiger partial charge in [-0.25, -0.2) is 8.78 Å². The van der Waals surface area contributed by atoms with Gasteiger partial charge in [-0.05, 0) is 32.4 Å². The molecular formula is C14H20F2N4O. The van der Waals surface area contributed by atoms with Crippen LogP contribution < -0.4 is 0 Å². The Morgan fingerprint density at radius 3 is 2.81 bits per heavy atom. The zero-order valence-electron chi connectivity index (χ0n) is 12.1. The molecule has 1 atom stereocenters. The maximum Gasteiger partial charge on any atom is 0.279 e. The Hall–Kier alpha value is -1.50. The summed E-state index contributed by atoms with van der Waals surface area (Å²) in [5.74, 6) is -0.265. The zero-order chi connectivity index (χ0) is 15.0. The third-order valence-electron chi connectivity index (χ3n) is 4.52. The second-order valence-corrected chi connectivity index (χ2v) is 5.96. The molecule has 3 heterocycles. The molecule has 21 heavy (non-hydrogen) atoms. The summed E-state index contributed by atoms with van der Waals surface area (Å²) in [6.07, 6.45) is 1.07. The number of likely N-dealkylation sites (tertiary alicyclic amines) is 2. The Labute approximate surface area is 122 Å². The Kier molecular flexibility index (Phi) is 3.93. The lowest BCUT2D eigenvalue weighted by Crippen LogP contribution is -2.63. The minimum atomic E-state index is -2.63. The Morgan fingerprint density at radius 2 is 2.19 bits per heavy atom. The number of halogens is 2. The second-order valence-electron chi connectivity index (χ2n) is 5.96. The molecule has 0 radical (unpaired) electrons. The van der Waals surface area contributed by atoms with E-state index in [1.165, 1.54) is 19.3 Å². The predicted molar refractivity (Wildman–Crippen MR) is 73.3 cm³/mol. The van der Waals surface area contributed by atoms with Crippen molar-refractivity contribution in [3.63, 3.8) is 0 Å². The average Bonchev–Trinajstić information content (AvgIpc) is 2.89. The molecule has 0 bridgehead atoms. The fraction of sp³-hybridized carbons (Fsp3) is 0.714. The van der Waals surface area contributed by atoms with Crippen LogP contribution in [-0.2, 0) is 0 Å². The molecule has 2 aliphatic heterocycles. The molecule has 1 amide bonds. The van der Waals surface area contributed by atoms with Gasteiger partial charge in [-0.1, -0.05) is 6.42 Å². The van der Waals surface area contributed by atoms with Gasteiger partial charge in [0.15, 0.2) is 5.69 Å². The summed E-state index contributed by atoms with van der Waals surface area (Å²) in [6.45, 7) is 4.65. The molecule has 1 aromatic heterocycles. The van der Waals surface area contributed by atoms with Gasteiger partial charge in [0, 0.05) is 25.2 Å². The van der Waals surface area contributed by atoms with Gasteiger partial charge in [-0.15, -0.1) is 0 Å². The predicted octanol–water partition coefficient (Wildman–Crippen LogP) is 2.05. The van der Waals surface area contributed by atoms with Crippen molar-refractivity contribution in [1.29, 1.82) is 0 Å². The summed E-state index contributed by atoms with van der Waals surface area (Å²) in [6, 6.07) is 2.11. The van der Waals surface area contributed by atoms with E-state index in [-0.39, 0.29) is 17.3 Å². The van der Waals surface area contributed by atoms with Gasteiger partial charge >= 0.3 is 0 Å². The van der Waals surface area contributed by atoms with Crippen molar-refractivity contribution in [2.24, 2.45) is 0 Å². The van der Waals surface area contributed by atoms with Crippen LogP contribution in [0.1, 0.15) is 48.8 Å². The molecule has 7 heteroatoms. The van der Waals surface area contributed by atoms with Crippen molar-refractivity contribution >= 4 is 5.91 Å². The van der Waals surface area contributed by atoms with E-state index < -0.39 is 6.43 Å². The zero-order valence-corrected chi connectivity index (χ0v) is 12.1. The third kappa shape index (κ3) is 2.79. The number of aromatic nitrogens is 2. The molecule has 2 saturated heterocycles. The van der Waals surface area contributed by atoms with E-state index in [2.05, 4.69) is 22.0 Å². The largest absolute Gasteiger partial charge is 0.334 e. The molecule has 0 aliphatic carbocycles. The van der Waals surface area contributed by atoms with Crippen molar-refractivity contribution in [2.75, 3.05) is 19.6 Å². The maximum atomic E-state index is 12.5. The van der Waals surface area contributed by atoms with Gasteiger partial charge in [0.1, 0.15) is 5.69 Å². The van der Waals surface area contributed by atoms with Gasteiger partial charge in [0.2, 0.25) is 0 Å². The average molecular weight is 298 g/mol. The number of nitrogens with zero attached hydrogens (tertiary/aromatic N) is 3. The lowest BCUT2D eigenvalue weighted by molar-refractivity contribution is 0.00181. The number of aromatic amines is 1. The van der Waals surface area contributed by atoms with E-state index in [1.807, 2.05) is 0 Å². The highest BCUT2D eigenvalue weighted by Gasteiger charge is 2.38. The first-order valence-electron chi connectivity index (χ1n) is 7.44. The number of rotatable bonds is 3. The van der Waals surface area contributed by atoms with E-state index >= 15 is 0 Å². The lowest BCUT2D eigenvalue weighted by Gasteiger charge is -2.49. The number of H-pyrrole nitrogens is 1. The number of hydrogen-bond donors (Lipinski definition) is 1. The molecule has 2 fully saturated rings. The van der Waals surface area contributed by atoms with Crippen LogP contribution >= 0.6 is 0 Å². The monoisotopic (exact) mass is 298 g/mol. The molecule has 116 valence electrons. The highest BCUT2D eigenvalue weighted by atomic mass is 19.3. The van der Waals surface area contributed by atoms with Crippen LogP contribution in [0.4, 0.5) is 8.78 Å². The summed E-state index contributed by atoms with van der Waals surface area (Å²) in [4.78, 5) is 16.3. The first kappa shape index (κ1) is 14.4. The topological polar surface area (TPSA) is 52.2 Å². The van der Waals surface area contributed by atoms with Gasteiger partial charge in [-0.2, -0.15) is 5.10 Å². The molecule has 1 aromatic rings. The third-order valence-corrected chi connectivity index (χ3v) is 4.52. The minimum Gasteiger partial charge on any atom is -0.334 e. The van der Waals surface area contributed by atoms with Crippen LogP contribution in [-0.4, -0.2) is 57.6 Å². The number of alkyl halides is 2. The molecule has 5 nitrogen and oxygen atoms in total. The summed E-state index contributed by atoms with van der Waals surface area (Å²) >= 11 is 0. The fourth-order valence-corrected chi connectivity index (χ4v) is 3.21. The number of carbonyl (C=O) groups is 1. The summed E-state index contributed by atoms with van der Waals surface area (Å²) < 4.78 is 25.0. The van der Waals surface area contributed by atoms with E-state index in [0.717, 1.165) is 12.6 Å². The number of nitrogens with one attached hydrogen (secondary N) is 1. The number of amides is 1. The minimum absolute atomic E-state index is 0.0791. The molecular weight excluding hydrogens is 278 g/mol. The quantitative estimate of drug-likeness (QED) is 0.929. The van der Waals surface area contributed by atoms with Gasteiger partial charge in [0.05, 0.1) is 0 Å². The van der Waals surface area contributed by atoms with Gasteiger partial charge < -0.3 is 4.90 Å². The molecule has 0 unspecified atom stereocenters. The van der Waals surface area contributed by atoms with Crippen molar-refractivity contribution < 1.29 is 13.6 Å². The van der Waals surface area contributed by atoms with Crippen molar-refractivity contribution in [1.82, 2.24) is 20.0 Å². The molecule has 3 rings (SSSR count). The Bertz CT molecular complexity index is 513.